The highest BCUT2D eigenvalue weighted by Crippen LogP contribution is 2.35. The van der Waals surface area contributed by atoms with Gasteiger partial charge in [-0.3, -0.25) is 9.78 Å². The average molecular weight is 391 g/mol. The standard InChI is InChI=1S/C24H30N4O/c1-16-4-8-28(9-5-16)24(29)19-6-10-27(11-7-19)23-20(14-25)15-26-22-18(3)12-17(2)13-21(22)23/h12-13,15-16,19H,4-11H2,1-3H3. The van der Waals surface area contributed by atoms with Gasteiger partial charge in [0.2, 0.25) is 5.91 Å². The monoisotopic (exact) mass is 390 g/mol. The Hall–Kier alpha value is -2.61. The summed E-state index contributed by atoms with van der Waals surface area (Å²) < 4.78 is 0. The lowest BCUT2D eigenvalue weighted by atomic mass is 9.92. The smallest absolute Gasteiger partial charge is 0.225 e. The van der Waals surface area contributed by atoms with E-state index < -0.39 is 0 Å². The van der Waals surface area contributed by atoms with Crippen molar-refractivity contribution in [3.8, 4) is 6.07 Å². The number of likely N-dealkylation sites (tertiary alicyclic amines) is 1. The molecule has 0 saturated carbocycles. The van der Waals surface area contributed by atoms with Crippen LogP contribution in [0.4, 0.5) is 5.69 Å². The van der Waals surface area contributed by atoms with Crippen LogP contribution in [0.2, 0.25) is 0 Å². The quantitative estimate of drug-likeness (QED) is 0.771. The summed E-state index contributed by atoms with van der Waals surface area (Å²) in [5.41, 5.74) is 4.89. The Balaban J connectivity index is 1.55. The number of fused-ring (bicyclic) bond motifs is 1. The van der Waals surface area contributed by atoms with Crippen LogP contribution >= 0.6 is 0 Å². The number of benzene rings is 1. The molecular formula is C24H30N4O. The zero-order valence-electron chi connectivity index (χ0n) is 17.7. The normalized spacial score (nSPS) is 18.8. The van der Waals surface area contributed by atoms with Gasteiger partial charge in [0, 0.05) is 43.7 Å². The van der Waals surface area contributed by atoms with Crippen LogP contribution in [-0.4, -0.2) is 42.0 Å². The molecule has 0 N–H and O–H groups in total. The van der Waals surface area contributed by atoms with Crippen molar-refractivity contribution in [1.29, 1.82) is 5.26 Å². The summed E-state index contributed by atoms with van der Waals surface area (Å²) in [4.78, 5) is 21.9. The van der Waals surface area contributed by atoms with Crippen molar-refractivity contribution < 1.29 is 4.79 Å². The Morgan fingerprint density at radius 3 is 2.45 bits per heavy atom. The van der Waals surface area contributed by atoms with E-state index in [0.717, 1.165) is 79.9 Å². The lowest BCUT2D eigenvalue weighted by Crippen LogP contribution is -2.45. The molecule has 5 nitrogen and oxygen atoms in total. The molecule has 2 fully saturated rings. The van der Waals surface area contributed by atoms with Gasteiger partial charge in [-0.1, -0.05) is 18.6 Å². The van der Waals surface area contributed by atoms with Gasteiger partial charge in [0.15, 0.2) is 0 Å². The Morgan fingerprint density at radius 2 is 1.79 bits per heavy atom. The molecule has 0 atom stereocenters. The largest absolute Gasteiger partial charge is 0.370 e. The van der Waals surface area contributed by atoms with Crippen molar-refractivity contribution >= 4 is 22.5 Å². The molecule has 2 aliphatic rings. The van der Waals surface area contributed by atoms with E-state index >= 15 is 0 Å². The first-order chi connectivity index (χ1) is 14.0. The number of carbonyl (C=O) groups is 1. The summed E-state index contributed by atoms with van der Waals surface area (Å²) in [7, 11) is 0. The molecular weight excluding hydrogens is 360 g/mol. The molecule has 0 bridgehead atoms. The predicted octanol–water partition coefficient (Wildman–Crippen LogP) is 4.20. The van der Waals surface area contributed by atoms with E-state index in [2.05, 4.69) is 53.8 Å². The number of carbonyl (C=O) groups excluding carboxylic acids is 1. The first-order valence-corrected chi connectivity index (χ1v) is 10.8. The fraction of sp³-hybridized carbons (Fsp3) is 0.542. The summed E-state index contributed by atoms with van der Waals surface area (Å²) in [6.07, 6.45) is 5.65. The zero-order chi connectivity index (χ0) is 20.5. The van der Waals surface area contributed by atoms with Gasteiger partial charge in [-0.25, -0.2) is 0 Å². The minimum absolute atomic E-state index is 0.113. The van der Waals surface area contributed by atoms with Gasteiger partial charge in [-0.2, -0.15) is 5.26 Å². The minimum atomic E-state index is 0.113. The van der Waals surface area contributed by atoms with E-state index in [0.29, 0.717) is 11.5 Å². The van der Waals surface area contributed by atoms with Crippen LogP contribution in [0, 0.1) is 37.0 Å². The zero-order valence-corrected chi connectivity index (χ0v) is 17.7. The van der Waals surface area contributed by atoms with Crippen LogP contribution in [0.5, 0.6) is 0 Å². The van der Waals surface area contributed by atoms with Gasteiger partial charge in [0.1, 0.15) is 6.07 Å². The van der Waals surface area contributed by atoms with Gasteiger partial charge >= 0.3 is 0 Å². The Kier molecular flexibility index (Phi) is 5.45. The number of hydrogen-bond donors (Lipinski definition) is 0. The number of amides is 1. The van der Waals surface area contributed by atoms with Crippen molar-refractivity contribution in [3.63, 3.8) is 0 Å². The number of aromatic nitrogens is 1. The summed E-state index contributed by atoms with van der Waals surface area (Å²) >= 11 is 0. The van der Waals surface area contributed by atoms with E-state index in [9.17, 15) is 10.1 Å². The summed E-state index contributed by atoms with van der Waals surface area (Å²) in [6, 6.07) is 6.61. The number of hydrogen-bond acceptors (Lipinski definition) is 4. The van der Waals surface area contributed by atoms with Crippen molar-refractivity contribution in [3.05, 3.63) is 35.0 Å². The molecule has 152 valence electrons. The molecule has 5 heteroatoms. The number of nitriles is 1. The second-order valence-electron chi connectivity index (χ2n) is 8.88. The topological polar surface area (TPSA) is 60.2 Å². The van der Waals surface area contributed by atoms with E-state index in [4.69, 9.17) is 0 Å². The third-order valence-corrected chi connectivity index (χ3v) is 6.65. The SMILES string of the molecule is Cc1cc(C)c2ncc(C#N)c(N3CCC(C(=O)N4CCC(C)CC4)CC3)c2c1. The van der Waals surface area contributed by atoms with Crippen molar-refractivity contribution in [2.45, 2.75) is 46.5 Å². The number of piperidine rings is 2. The van der Waals surface area contributed by atoms with Gasteiger partial charge in [-0.05, 0) is 57.1 Å². The second-order valence-corrected chi connectivity index (χ2v) is 8.88. The van der Waals surface area contributed by atoms with Gasteiger partial charge in [0.25, 0.3) is 0 Å². The van der Waals surface area contributed by atoms with Crippen LogP contribution < -0.4 is 4.90 Å². The maximum absolute atomic E-state index is 13.0. The molecule has 0 unspecified atom stereocenters. The molecule has 0 spiro atoms. The van der Waals surface area contributed by atoms with Crippen LogP contribution in [0.25, 0.3) is 10.9 Å². The highest BCUT2D eigenvalue weighted by Gasteiger charge is 2.31. The third-order valence-electron chi connectivity index (χ3n) is 6.65. The number of rotatable bonds is 2. The van der Waals surface area contributed by atoms with E-state index in [1.54, 1.807) is 6.20 Å². The van der Waals surface area contributed by atoms with Crippen molar-refractivity contribution in [2.24, 2.45) is 11.8 Å². The number of anilines is 1. The fourth-order valence-corrected chi connectivity index (χ4v) is 4.91. The van der Waals surface area contributed by atoms with E-state index in [-0.39, 0.29) is 5.92 Å². The predicted molar refractivity (Wildman–Crippen MR) is 116 cm³/mol. The maximum Gasteiger partial charge on any atom is 0.225 e. The third kappa shape index (κ3) is 3.81. The Morgan fingerprint density at radius 1 is 1.10 bits per heavy atom. The van der Waals surface area contributed by atoms with Crippen LogP contribution in [0.15, 0.2) is 18.3 Å². The number of nitrogens with zero attached hydrogens (tertiary/aromatic N) is 4. The first kappa shape index (κ1) is 19.7. The lowest BCUT2D eigenvalue weighted by molar-refractivity contribution is -0.137. The molecule has 1 amide bonds. The molecule has 4 rings (SSSR count). The van der Waals surface area contributed by atoms with Gasteiger partial charge in [-0.15, -0.1) is 0 Å². The molecule has 2 aliphatic heterocycles. The number of aryl methyl sites for hydroxylation is 2. The average Bonchev–Trinajstić information content (AvgIpc) is 2.73. The molecule has 0 radical (unpaired) electrons. The fourth-order valence-electron chi connectivity index (χ4n) is 4.91. The van der Waals surface area contributed by atoms with Gasteiger partial charge < -0.3 is 9.80 Å². The molecule has 2 aromatic rings. The Bertz CT molecular complexity index is 961. The molecule has 0 aliphatic carbocycles. The number of pyridine rings is 1. The molecule has 1 aromatic carbocycles. The van der Waals surface area contributed by atoms with Crippen LogP contribution in [0.1, 0.15) is 49.3 Å². The highest BCUT2D eigenvalue weighted by atomic mass is 16.2. The molecule has 3 heterocycles. The first-order valence-electron chi connectivity index (χ1n) is 10.8. The maximum atomic E-state index is 13.0. The van der Waals surface area contributed by atoms with Crippen LogP contribution in [0.3, 0.4) is 0 Å². The highest BCUT2D eigenvalue weighted by molar-refractivity contribution is 5.96. The lowest BCUT2D eigenvalue weighted by Gasteiger charge is -2.38. The summed E-state index contributed by atoms with van der Waals surface area (Å²) in [5, 5.41) is 10.8. The summed E-state index contributed by atoms with van der Waals surface area (Å²) in [6.45, 7) is 9.86. The van der Waals surface area contributed by atoms with Crippen LogP contribution in [-0.2, 0) is 4.79 Å². The van der Waals surface area contributed by atoms with E-state index in [1.807, 2.05) is 0 Å². The molecule has 1 aromatic heterocycles. The van der Waals surface area contributed by atoms with E-state index in [1.165, 1.54) is 5.56 Å². The van der Waals surface area contributed by atoms with Gasteiger partial charge in [0.05, 0.1) is 16.8 Å². The summed E-state index contributed by atoms with van der Waals surface area (Å²) in [5.74, 6) is 1.18. The van der Waals surface area contributed by atoms with Crippen molar-refractivity contribution in [2.75, 3.05) is 31.1 Å². The second kappa shape index (κ2) is 8.02. The van der Waals surface area contributed by atoms with Crippen molar-refractivity contribution in [1.82, 2.24) is 9.88 Å². The molecule has 2 saturated heterocycles. The minimum Gasteiger partial charge on any atom is -0.370 e. The molecule has 29 heavy (non-hydrogen) atoms. The Labute approximate surface area is 173 Å².